The number of rotatable bonds is 6. The van der Waals surface area contributed by atoms with E-state index in [2.05, 4.69) is 4.99 Å². The highest BCUT2D eigenvalue weighted by Crippen LogP contribution is 2.26. The van der Waals surface area contributed by atoms with Crippen LogP contribution in [0.4, 0.5) is 11.4 Å². The molecule has 1 unspecified atom stereocenters. The van der Waals surface area contributed by atoms with Crippen molar-refractivity contribution in [2.75, 3.05) is 7.11 Å². The maximum atomic E-state index is 13.5. The third kappa shape index (κ3) is 4.38. The smallest absolute Gasteiger partial charge is 0.335 e. The quantitative estimate of drug-likeness (QED) is 0.411. The van der Waals surface area contributed by atoms with Gasteiger partial charge >= 0.3 is 17.7 Å². The number of methoxy groups -OCH3 is 1. The lowest BCUT2D eigenvalue weighted by Crippen LogP contribution is -2.38. The van der Waals surface area contributed by atoms with E-state index in [1.807, 2.05) is 0 Å². The Hall–Kier alpha value is -4.66. The minimum atomic E-state index is -1.08. The van der Waals surface area contributed by atoms with E-state index in [9.17, 15) is 24.8 Å². The number of hydrogen-bond acceptors (Lipinski definition) is 6. The molecule has 1 heterocycles. The first-order chi connectivity index (χ1) is 15.9. The summed E-state index contributed by atoms with van der Waals surface area (Å²) in [5.41, 5.74) is 1.56. The Kier molecular flexibility index (Phi) is 5.77. The average Bonchev–Trinajstić information content (AvgIpc) is 2.83. The lowest BCUT2D eigenvalue weighted by Gasteiger charge is -2.18. The van der Waals surface area contributed by atoms with Crippen molar-refractivity contribution in [3.05, 3.63) is 99.8 Å². The highest BCUT2D eigenvalue weighted by atomic mass is 16.6. The van der Waals surface area contributed by atoms with Gasteiger partial charge in [0.05, 0.1) is 17.6 Å². The van der Waals surface area contributed by atoms with Gasteiger partial charge in [0.15, 0.2) is 5.71 Å². The number of amides is 1. The van der Waals surface area contributed by atoms with Crippen LogP contribution in [0.1, 0.15) is 15.9 Å². The number of allylic oxidation sites excluding steroid dienone is 2. The lowest BCUT2D eigenvalue weighted by molar-refractivity contribution is -0.384. The number of ether oxygens (including phenoxy) is 1. The number of fused-ring (bicyclic) bond motifs is 1. The Morgan fingerprint density at radius 2 is 1.94 bits per heavy atom. The molecule has 0 saturated heterocycles. The molecule has 1 aliphatic carbocycles. The number of carbonyl (C=O) groups is 2. The second-order valence-electron chi connectivity index (χ2n) is 7.19. The molecule has 2 aromatic carbocycles. The lowest BCUT2D eigenvalue weighted by atomic mass is 9.94. The standard InChI is InChI=1S/C24H17N3O6/c1-33-19-10-11-21-20(14-19)23(28)26(17-8-6-16(7-9-17)24(29)30)22(25-21)12-5-15-3-2-4-18(13-15)27(31)32/h2-14,20H,1H3/p+1. The summed E-state index contributed by atoms with van der Waals surface area (Å²) in [5.74, 6) is -1.21. The number of amidine groups is 1. The van der Waals surface area contributed by atoms with Gasteiger partial charge in [0.25, 0.3) is 5.69 Å². The molecular formula is C24H18N3O6+. The van der Waals surface area contributed by atoms with Gasteiger partial charge in [-0.15, -0.1) is 0 Å². The third-order valence-electron chi connectivity index (χ3n) is 5.14. The van der Waals surface area contributed by atoms with Crippen LogP contribution >= 0.6 is 0 Å². The van der Waals surface area contributed by atoms with Gasteiger partial charge in [-0.1, -0.05) is 12.1 Å². The Balaban J connectivity index is 1.82. The van der Waals surface area contributed by atoms with E-state index in [0.717, 1.165) is 0 Å². The molecule has 2 aromatic rings. The molecule has 0 radical (unpaired) electrons. The molecule has 1 atom stereocenters. The Bertz CT molecular complexity index is 1320. The minimum Gasteiger partial charge on any atom is -0.497 e. The zero-order chi connectivity index (χ0) is 23.5. The number of carboxylic acid groups (broad SMARTS) is 1. The molecule has 1 aliphatic heterocycles. The van der Waals surface area contributed by atoms with Crippen LogP contribution in [0.3, 0.4) is 0 Å². The van der Waals surface area contributed by atoms with E-state index in [1.54, 1.807) is 42.5 Å². The molecule has 0 bridgehead atoms. The first-order valence-electron chi connectivity index (χ1n) is 9.86. The molecule has 2 aliphatic rings. The first kappa shape index (κ1) is 21.6. The highest BCUT2D eigenvalue weighted by Gasteiger charge is 2.40. The monoisotopic (exact) mass is 444 g/mol. The van der Waals surface area contributed by atoms with Crippen molar-refractivity contribution < 1.29 is 28.9 Å². The first-order valence-corrected chi connectivity index (χ1v) is 9.86. The fourth-order valence-corrected chi connectivity index (χ4v) is 3.49. The van der Waals surface area contributed by atoms with Gasteiger partial charge in [-0.2, -0.15) is 4.58 Å². The van der Waals surface area contributed by atoms with Crippen molar-refractivity contribution in [1.82, 2.24) is 0 Å². The highest BCUT2D eigenvalue weighted by molar-refractivity contribution is 6.19. The van der Waals surface area contributed by atoms with Gasteiger partial charge in [-0.05, 0) is 59.1 Å². The summed E-state index contributed by atoms with van der Waals surface area (Å²) in [6, 6.07) is 11.9. The molecule has 9 nitrogen and oxygen atoms in total. The van der Waals surface area contributed by atoms with Crippen molar-refractivity contribution in [3.8, 4) is 0 Å². The number of non-ortho nitro benzene ring substituents is 1. The largest absolute Gasteiger partial charge is 0.497 e. The van der Waals surface area contributed by atoms with Crippen molar-refractivity contribution in [2.45, 2.75) is 0 Å². The molecule has 1 amide bonds. The zero-order valence-electron chi connectivity index (χ0n) is 17.4. The molecular weight excluding hydrogens is 426 g/mol. The second kappa shape index (κ2) is 8.83. The molecule has 164 valence electrons. The van der Waals surface area contributed by atoms with Crippen molar-refractivity contribution in [2.24, 2.45) is 10.9 Å². The molecule has 0 spiro atoms. The Morgan fingerprint density at radius 1 is 1.18 bits per heavy atom. The maximum Gasteiger partial charge on any atom is 0.335 e. The van der Waals surface area contributed by atoms with E-state index < -0.39 is 16.8 Å². The predicted octanol–water partition coefficient (Wildman–Crippen LogP) is 3.75. The van der Waals surface area contributed by atoms with Gasteiger partial charge in [0.1, 0.15) is 17.4 Å². The summed E-state index contributed by atoms with van der Waals surface area (Å²) in [4.78, 5) is 39.9. The molecule has 4 rings (SSSR count). The van der Waals surface area contributed by atoms with Crippen molar-refractivity contribution in [1.29, 1.82) is 0 Å². The molecule has 0 saturated carbocycles. The molecule has 33 heavy (non-hydrogen) atoms. The van der Waals surface area contributed by atoms with Crippen LogP contribution in [0, 0.1) is 16.0 Å². The maximum absolute atomic E-state index is 13.5. The van der Waals surface area contributed by atoms with E-state index in [4.69, 9.17) is 4.74 Å². The minimum absolute atomic E-state index is 0.0539. The van der Waals surface area contributed by atoms with Crippen LogP contribution in [0.15, 0.2) is 83.6 Å². The normalized spacial score (nSPS) is 17.5. The number of aromatic carboxylic acids is 1. The average molecular weight is 444 g/mol. The summed E-state index contributed by atoms with van der Waals surface area (Å²) in [7, 11) is 1.51. The number of nitrogens with zero attached hydrogens (tertiary/aromatic N) is 3. The molecule has 9 heteroatoms. The van der Waals surface area contributed by atoms with Crippen LogP contribution in [0.5, 0.6) is 0 Å². The summed E-state index contributed by atoms with van der Waals surface area (Å²) in [6.07, 6.45) is 8.30. The number of hydrogen-bond donors (Lipinski definition) is 1. The van der Waals surface area contributed by atoms with Gasteiger partial charge in [-0.3, -0.25) is 10.1 Å². The number of aliphatic imine (C=N–C) groups is 1. The number of nitro benzene ring substituents is 1. The predicted molar refractivity (Wildman–Crippen MR) is 121 cm³/mol. The summed E-state index contributed by atoms with van der Waals surface area (Å²) in [5, 5.41) is 20.2. The SMILES string of the molecule is COC1=CC2C(=O)[N+](c3ccc(C(=O)O)cc3)=C(C=Cc3cccc([N+](=O)[O-])c3)N=C2C=C1. The Labute approximate surface area is 188 Å². The van der Waals surface area contributed by atoms with Crippen molar-refractivity contribution >= 4 is 40.9 Å². The number of nitro groups is 1. The number of carbonyl (C=O) groups excluding carboxylic acids is 1. The Morgan fingerprint density at radius 3 is 2.61 bits per heavy atom. The summed E-state index contributed by atoms with van der Waals surface area (Å²) in [6.45, 7) is 0. The number of benzene rings is 2. The second-order valence-corrected chi connectivity index (χ2v) is 7.19. The van der Waals surface area contributed by atoms with E-state index >= 15 is 0 Å². The number of carboxylic acids is 1. The van der Waals surface area contributed by atoms with E-state index in [-0.39, 0.29) is 17.2 Å². The summed E-state index contributed by atoms with van der Waals surface area (Å²) >= 11 is 0. The van der Waals surface area contributed by atoms with Crippen LogP contribution < -0.4 is 0 Å². The molecule has 0 aromatic heterocycles. The molecule has 0 fully saturated rings. The van der Waals surface area contributed by atoms with Gasteiger partial charge in [0.2, 0.25) is 0 Å². The topological polar surface area (TPSA) is 122 Å². The third-order valence-corrected chi connectivity index (χ3v) is 5.14. The van der Waals surface area contributed by atoms with Crippen LogP contribution in [-0.2, 0) is 9.53 Å². The van der Waals surface area contributed by atoms with E-state index in [0.29, 0.717) is 28.6 Å². The summed E-state index contributed by atoms with van der Waals surface area (Å²) < 4.78 is 6.63. The zero-order valence-corrected chi connectivity index (χ0v) is 17.4. The van der Waals surface area contributed by atoms with Gasteiger partial charge in [-0.25, -0.2) is 9.59 Å². The fraction of sp³-hybridized carbons (Fsp3) is 0.0833. The van der Waals surface area contributed by atoms with Crippen LogP contribution in [0.25, 0.3) is 6.08 Å². The fourth-order valence-electron chi connectivity index (χ4n) is 3.49. The van der Waals surface area contributed by atoms with Crippen LogP contribution in [-0.4, -0.2) is 45.1 Å². The van der Waals surface area contributed by atoms with Gasteiger partial charge < -0.3 is 9.84 Å². The van der Waals surface area contributed by atoms with Crippen LogP contribution in [0.2, 0.25) is 0 Å². The van der Waals surface area contributed by atoms with E-state index in [1.165, 1.54) is 48.1 Å². The molecule has 1 N–H and O–H groups in total. The van der Waals surface area contributed by atoms with Gasteiger partial charge in [0, 0.05) is 18.2 Å². The van der Waals surface area contributed by atoms with Crippen molar-refractivity contribution in [3.63, 3.8) is 0 Å².